The van der Waals surface area contributed by atoms with Crippen molar-refractivity contribution >= 4 is 11.9 Å². The summed E-state index contributed by atoms with van der Waals surface area (Å²) in [4.78, 5) is 22.4. The highest BCUT2D eigenvalue weighted by Crippen LogP contribution is 2.19. The van der Waals surface area contributed by atoms with Crippen molar-refractivity contribution in [3.05, 3.63) is 0 Å². The van der Waals surface area contributed by atoms with Crippen LogP contribution in [0, 0.1) is 0 Å². The Morgan fingerprint density at radius 1 is 1.56 bits per heavy atom. The second kappa shape index (κ2) is 5.81. The van der Waals surface area contributed by atoms with Gasteiger partial charge >= 0.3 is 5.97 Å². The first-order valence-corrected chi connectivity index (χ1v) is 5.47. The summed E-state index contributed by atoms with van der Waals surface area (Å²) in [6.45, 7) is 2.09. The average molecular weight is 230 g/mol. The lowest BCUT2D eigenvalue weighted by atomic mass is 10.1. The number of carbonyl (C=O) groups is 2. The minimum absolute atomic E-state index is 0.0827. The maximum Gasteiger partial charge on any atom is 0.326 e. The van der Waals surface area contributed by atoms with Crippen LogP contribution in [-0.2, 0) is 14.3 Å². The van der Waals surface area contributed by atoms with Gasteiger partial charge in [-0.25, -0.2) is 4.79 Å². The van der Waals surface area contributed by atoms with Crippen molar-refractivity contribution in [1.82, 2.24) is 5.32 Å². The quantitative estimate of drug-likeness (QED) is 0.589. The molecule has 92 valence electrons. The van der Waals surface area contributed by atoms with Crippen LogP contribution in [0.3, 0.4) is 0 Å². The topological polar surface area (TPSA) is 102 Å². The van der Waals surface area contributed by atoms with Crippen LogP contribution in [0.25, 0.3) is 0 Å². The summed E-state index contributed by atoms with van der Waals surface area (Å²) < 4.78 is 5.37. The summed E-state index contributed by atoms with van der Waals surface area (Å²) in [6, 6.07) is -0.840. The number of carboxylic acids is 1. The predicted octanol–water partition coefficient (Wildman–Crippen LogP) is -0.528. The zero-order valence-electron chi connectivity index (χ0n) is 9.31. The molecule has 0 spiro atoms. The molecule has 3 unspecified atom stereocenters. The van der Waals surface area contributed by atoms with Gasteiger partial charge in [0.25, 0.3) is 0 Å². The van der Waals surface area contributed by atoms with Crippen LogP contribution in [0.5, 0.6) is 0 Å². The van der Waals surface area contributed by atoms with E-state index < -0.39 is 18.1 Å². The first-order chi connectivity index (χ1) is 7.58. The number of nitrogens with two attached hydrogens (primary N) is 1. The molecule has 1 fully saturated rings. The molecule has 6 nitrogen and oxygen atoms in total. The monoisotopic (exact) mass is 230 g/mol. The standard InChI is InChI=1S/C10H18N2O4/c1-2-7(10(14)15)12-9(13)8-4-3-6(5-11)16-8/h6-8H,2-5,11H2,1H3,(H,12,13)(H,14,15). The zero-order chi connectivity index (χ0) is 12.1. The molecule has 16 heavy (non-hydrogen) atoms. The lowest BCUT2D eigenvalue weighted by Gasteiger charge is -2.16. The van der Waals surface area contributed by atoms with Crippen LogP contribution < -0.4 is 11.1 Å². The molecule has 1 rings (SSSR count). The molecule has 0 aliphatic carbocycles. The maximum atomic E-state index is 11.6. The number of rotatable bonds is 5. The third-order valence-electron chi connectivity index (χ3n) is 2.69. The zero-order valence-corrected chi connectivity index (χ0v) is 9.31. The SMILES string of the molecule is CCC(NC(=O)C1CCC(CN)O1)C(=O)O. The number of nitrogens with one attached hydrogen (secondary N) is 1. The van der Waals surface area contributed by atoms with Crippen LogP contribution >= 0.6 is 0 Å². The summed E-state index contributed by atoms with van der Waals surface area (Å²) >= 11 is 0. The Balaban J connectivity index is 2.43. The van der Waals surface area contributed by atoms with Gasteiger partial charge in [0.15, 0.2) is 0 Å². The van der Waals surface area contributed by atoms with E-state index in [0.29, 0.717) is 19.4 Å². The minimum atomic E-state index is -1.02. The molecule has 1 heterocycles. The Bertz CT molecular complexity index is 270. The molecule has 6 heteroatoms. The smallest absolute Gasteiger partial charge is 0.326 e. The van der Waals surface area contributed by atoms with Crippen molar-refractivity contribution in [3.63, 3.8) is 0 Å². The lowest BCUT2D eigenvalue weighted by molar-refractivity contribution is -0.144. The first kappa shape index (κ1) is 12.9. The second-order valence-corrected chi connectivity index (χ2v) is 3.87. The second-order valence-electron chi connectivity index (χ2n) is 3.87. The molecule has 1 amide bonds. The molecule has 1 aliphatic heterocycles. The molecular weight excluding hydrogens is 212 g/mol. The van der Waals surface area contributed by atoms with Gasteiger partial charge in [0.1, 0.15) is 12.1 Å². The van der Waals surface area contributed by atoms with E-state index in [4.69, 9.17) is 15.6 Å². The molecule has 0 aromatic heterocycles. The Morgan fingerprint density at radius 3 is 2.69 bits per heavy atom. The number of aliphatic carboxylic acids is 1. The lowest BCUT2D eigenvalue weighted by Crippen LogP contribution is -2.45. The van der Waals surface area contributed by atoms with Gasteiger partial charge in [0.2, 0.25) is 5.91 Å². The van der Waals surface area contributed by atoms with Crippen LogP contribution in [0.4, 0.5) is 0 Å². The fourth-order valence-corrected chi connectivity index (χ4v) is 1.68. The van der Waals surface area contributed by atoms with E-state index in [-0.39, 0.29) is 12.0 Å². The maximum absolute atomic E-state index is 11.6. The molecule has 0 saturated carbocycles. The van der Waals surface area contributed by atoms with Gasteiger partial charge in [-0.3, -0.25) is 4.79 Å². The summed E-state index contributed by atoms with van der Waals surface area (Å²) in [5.41, 5.74) is 5.42. The van der Waals surface area contributed by atoms with E-state index in [2.05, 4.69) is 5.32 Å². The summed E-state index contributed by atoms with van der Waals surface area (Å²) in [5, 5.41) is 11.2. The number of amides is 1. The predicted molar refractivity (Wildman–Crippen MR) is 56.8 cm³/mol. The van der Waals surface area contributed by atoms with Gasteiger partial charge in [-0.1, -0.05) is 6.92 Å². The van der Waals surface area contributed by atoms with E-state index in [9.17, 15) is 9.59 Å². The van der Waals surface area contributed by atoms with Crippen LogP contribution in [0.2, 0.25) is 0 Å². The Labute approximate surface area is 94.1 Å². The van der Waals surface area contributed by atoms with Gasteiger partial charge in [-0.05, 0) is 19.3 Å². The van der Waals surface area contributed by atoms with Crippen LogP contribution in [-0.4, -0.2) is 41.8 Å². The van der Waals surface area contributed by atoms with Crippen LogP contribution in [0.15, 0.2) is 0 Å². The Kier molecular flexibility index (Phi) is 4.70. The third-order valence-corrected chi connectivity index (χ3v) is 2.69. The summed E-state index contributed by atoms with van der Waals surface area (Å²) in [5.74, 6) is -1.38. The number of carbonyl (C=O) groups excluding carboxylic acids is 1. The van der Waals surface area contributed by atoms with E-state index >= 15 is 0 Å². The van der Waals surface area contributed by atoms with Crippen molar-refractivity contribution in [3.8, 4) is 0 Å². The van der Waals surface area contributed by atoms with Crippen molar-refractivity contribution in [2.75, 3.05) is 6.54 Å². The van der Waals surface area contributed by atoms with Crippen molar-refractivity contribution in [2.24, 2.45) is 5.73 Å². The van der Waals surface area contributed by atoms with E-state index in [0.717, 1.165) is 6.42 Å². The largest absolute Gasteiger partial charge is 0.480 e. The number of ether oxygens (including phenoxy) is 1. The molecule has 4 N–H and O–H groups in total. The Hall–Kier alpha value is -1.14. The number of hydrogen-bond acceptors (Lipinski definition) is 4. The third kappa shape index (κ3) is 3.18. The van der Waals surface area contributed by atoms with Gasteiger partial charge in [-0.15, -0.1) is 0 Å². The summed E-state index contributed by atoms with van der Waals surface area (Å²) in [6.07, 6.45) is 1.07. The van der Waals surface area contributed by atoms with Crippen molar-refractivity contribution in [2.45, 2.75) is 44.4 Å². The van der Waals surface area contributed by atoms with E-state index in [1.807, 2.05) is 0 Å². The fourth-order valence-electron chi connectivity index (χ4n) is 1.68. The molecule has 0 aromatic carbocycles. The average Bonchev–Trinajstić information content (AvgIpc) is 2.73. The van der Waals surface area contributed by atoms with Crippen molar-refractivity contribution in [1.29, 1.82) is 0 Å². The number of carboxylic acid groups (broad SMARTS) is 1. The molecule has 0 aromatic rings. The van der Waals surface area contributed by atoms with Crippen LogP contribution in [0.1, 0.15) is 26.2 Å². The Morgan fingerprint density at radius 2 is 2.25 bits per heavy atom. The van der Waals surface area contributed by atoms with E-state index in [1.54, 1.807) is 6.92 Å². The number of hydrogen-bond donors (Lipinski definition) is 3. The fraction of sp³-hybridized carbons (Fsp3) is 0.800. The molecular formula is C10H18N2O4. The molecule has 3 atom stereocenters. The molecule has 1 saturated heterocycles. The first-order valence-electron chi connectivity index (χ1n) is 5.47. The van der Waals surface area contributed by atoms with Gasteiger partial charge in [0, 0.05) is 6.54 Å². The highest BCUT2D eigenvalue weighted by Gasteiger charge is 2.31. The van der Waals surface area contributed by atoms with Gasteiger partial charge < -0.3 is 20.9 Å². The normalized spacial score (nSPS) is 26.4. The molecule has 1 aliphatic rings. The minimum Gasteiger partial charge on any atom is -0.480 e. The van der Waals surface area contributed by atoms with E-state index in [1.165, 1.54) is 0 Å². The van der Waals surface area contributed by atoms with Crippen molar-refractivity contribution < 1.29 is 19.4 Å². The highest BCUT2D eigenvalue weighted by atomic mass is 16.5. The van der Waals surface area contributed by atoms with Gasteiger partial charge in [0.05, 0.1) is 6.10 Å². The summed E-state index contributed by atoms with van der Waals surface area (Å²) in [7, 11) is 0. The highest BCUT2D eigenvalue weighted by molar-refractivity contribution is 5.86. The molecule has 0 bridgehead atoms. The van der Waals surface area contributed by atoms with Gasteiger partial charge in [-0.2, -0.15) is 0 Å². The molecule has 0 radical (unpaired) electrons.